The molecule has 0 saturated carbocycles. The van der Waals surface area contributed by atoms with Crippen LogP contribution in [0.1, 0.15) is 5.56 Å². The van der Waals surface area contributed by atoms with E-state index in [2.05, 4.69) is 4.72 Å². The number of halogens is 1. The van der Waals surface area contributed by atoms with Gasteiger partial charge in [0.05, 0.1) is 10.6 Å². The third-order valence-corrected chi connectivity index (χ3v) is 4.49. The number of hydrogen-bond acceptors (Lipinski definition) is 4. The number of nitrogen functional groups attached to an aromatic ring is 1. The second kappa shape index (κ2) is 5.70. The van der Waals surface area contributed by atoms with Gasteiger partial charge in [-0.2, -0.15) is 0 Å². The molecule has 2 aromatic carbocycles. The second-order valence-electron chi connectivity index (χ2n) is 4.14. The van der Waals surface area contributed by atoms with Crippen molar-refractivity contribution in [2.24, 2.45) is 0 Å². The van der Waals surface area contributed by atoms with Crippen molar-refractivity contribution in [1.29, 1.82) is 0 Å². The Kier molecular flexibility index (Phi) is 4.17. The maximum atomic E-state index is 12.1. The molecule has 0 spiro atoms. The lowest BCUT2D eigenvalue weighted by Gasteiger charge is -2.09. The van der Waals surface area contributed by atoms with Gasteiger partial charge in [-0.1, -0.05) is 29.8 Å². The molecule has 4 N–H and O–H groups in total. The minimum atomic E-state index is -3.71. The number of phenols is 1. The molecule has 0 atom stereocenters. The molecule has 0 aliphatic rings. The topological polar surface area (TPSA) is 92.4 Å². The minimum Gasteiger partial charge on any atom is -0.506 e. The predicted octanol–water partition coefficient (Wildman–Crippen LogP) is 2.11. The number of rotatable bonds is 4. The van der Waals surface area contributed by atoms with Crippen molar-refractivity contribution in [3.8, 4) is 5.75 Å². The van der Waals surface area contributed by atoms with Crippen molar-refractivity contribution in [3.63, 3.8) is 0 Å². The van der Waals surface area contributed by atoms with Crippen LogP contribution < -0.4 is 10.5 Å². The number of nitrogens with one attached hydrogen (secondary N) is 1. The first-order valence-electron chi connectivity index (χ1n) is 5.72. The van der Waals surface area contributed by atoms with E-state index in [1.807, 2.05) is 0 Å². The van der Waals surface area contributed by atoms with Crippen LogP contribution in [0.25, 0.3) is 0 Å². The van der Waals surface area contributed by atoms with Gasteiger partial charge in [0.1, 0.15) is 5.75 Å². The van der Waals surface area contributed by atoms with E-state index < -0.39 is 10.0 Å². The van der Waals surface area contributed by atoms with Crippen LogP contribution in [-0.2, 0) is 16.6 Å². The molecule has 0 fully saturated rings. The summed E-state index contributed by atoms with van der Waals surface area (Å²) in [6.07, 6.45) is 0. The molecule has 0 heterocycles. The summed E-state index contributed by atoms with van der Waals surface area (Å²) in [6, 6.07) is 10.7. The zero-order valence-electron chi connectivity index (χ0n) is 10.4. The molecule has 0 bridgehead atoms. The van der Waals surface area contributed by atoms with Crippen molar-refractivity contribution in [1.82, 2.24) is 4.72 Å². The Morgan fingerprint density at radius 1 is 1.20 bits per heavy atom. The lowest BCUT2D eigenvalue weighted by Crippen LogP contribution is -2.23. The van der Waals surface area contributed by atoms with Crippen LogP contribution in [0.2, 0.25) is 5.02 Å². The van der Waals surface area contributed by atoms with Crippen molar-refractivity contribution in [2.75, 3.05) is 5.73 Å². The first-order valence-corrected chi connectivity index (χ1v) is 7.58. The number of phenolic OH excluding ortho intramolecular Hbond substituents is 1. The highest BCUT2D eigenvalue weighted by atomic mass is 35.5. The summed E-state index contributed by atoms with van der Waals surface area (Å²) in [4.78, 5) is -0.0140. The fourth-order valence-electron chi connectivity index (χ4n) is 1.60. The molecule has 0 radical (unpaired) electrons. The van der Waals surface area contributed by atoms with Crippen molar-refractivity contribution in [3.05, 3.63) is 53.1 Å². The maximum Gasteiger partial charge on any atom is 0.240 e. The molecule has 20 heavy (non-hydrogen) atoms. The summed E-state index contributed by atoms with van der Waals surface area (Å²) in [5.41, 5.74) is 6.16. The Morgan fingerprint density at radius 2 is 1.90 bits per heavy atom. The lowest BCUT2D eigenvalue weighted by atomic mass is 10.2. The van der Waals surface area contributed by atoms with Crippen LogP contribution in [-0.4, -0.2) is 13.5 Å². The van der Waals surface area contributed by atoms with E-state index >= 15 is 0 Å². The highest BCUT2D eigenvalue weighted by molar-refractivity contribution is 7.89. The average Bonchev–Trinajstić information content (AvgIpc) is 2.41. The molecule has 0 aromatic heterocycles. The van der Waals surface area contributed by atoms with Crippen LogP contribution in [0, 0.1) is 0 Å². The van der Waals surface area contributed by atoms with E-state index in [0.29, 0.717) is 10.6 Å². The van der Waals surface area contributed by atoms with E-state index in [-0.39, 0.29) is 22.9 Å². The Hall–Kier alpha value is -1.76. The predicted molar refractivity (Wildman–Crippen MR) is 78.0 cm³/mol. The molecular weight excluding hydrogens is 300 g/mol. The molecule has 0 saturated heterocycles. The van der Waals surface area contributed by atoms with Gasteiger partial charge in [0.25, 0.3) is 0 Å². The summed E-state index contributed by atoms with van der Waals surface area (Å²) >= 11 is 5.96. The quantitative estimate of drug-likeness (QED) is 0.595. The summed E-state index contributed by atoms with van der Waals surface area (Å²) in [5, 5.41) is 9.78. The fourth-order valence-corrected chi connectivity index (χ4v) is 2.84. The van der Waals surface area contributed by atoms with E-state index in [1.54, 1.807) is 24.3 Å². The fraction of sp³-hybridized carbons (Fsp3) is 0.0769. The number of sulfonamides is 1. The van der Waals surface area contributed by atoms with Gasteiger partial charge in [0, 0.05) is 11.6 Å². The van der Waals surface area contributed by atoms with Gasteiger partial charge in [-0.25, -0.2) is 13.1 Å². The summed E-state index contributed by atoms with van der Waals surface area (Å²) < 4.78 is 26.6. The third-order valence-electron chi connectivity index (χ3n) is 2.72. The average molecular weight is 313 g/mol. The normalized spacial score (nSPS) is 11.4. The van der Waals surface area contributed by atoms with Crippen LogP contribution >= 0.6 is 11.6 Å². The minimum absolute atomic E-state index is 0.00520. The van der Waals surface area contributed by atoms with Gasteiger partial charge in [-0.3, -0.25) is 0 Å². The molecule has 5 nitrogen and oxygen atoms in total. The molecular formula is C13H13ClN2O3S. The molecule has 2 rings (SSSR count). The van der Waals surface area contributed by atoms with Gasteiger partial charge >= 0.3 is 0 Å². The smallest absolute Gasteiger partial charge is 0.240 e. The molecule has 2 aromatic rings. The number of aromatic hydroxyl groups is 1. The molecule has 7 heteroatoms. The van der Waals surface area contributed by atoms with Gasteiger partial charge in [0.15, 0.2) is 0 Å². The van der Waals surface area contributed by atoms with E-state index in [0.717, 1.165) is 0 Å². The largest absolute Gasteiger partial charge is 0.506 e. The number of hydrogen-bond donors (Lipinski definition) is 3. The Morgan fingerprint density at radius 3 is 2.55 bits per heavy atom. The third kappa shape index (κ3) is 3.22. The lowest BCUT2D eigenvalue weighted by molar-refractivity contribution is 0.477. The molecule has 0 aliphatic carbocycles. The van der Waals surface area contributed by atoms with Gasteiger partial charge in [0.2, 0.25) is 10.0 Å². The summed E-state index contributed by atoms with van der Waals surface area (Å²) in [7, 11) is -3.71. The van der Waals surface area contributed by atoms with Crippen LogP contribution in [0.4, 0.5) is 5.69 Å². The molecule has 0 unspecified atom stereocenters. The van der Waals surface area contributed by atoms with E-state index in [1.165, 1.54) is 18.2 Å². The Labute approximate surface area is 122 Å². The number of nitrogens with two attached hydrogens (primary N) is 1. The highest BCUT2D eigenvalue weighted by Gasteiger charge is 2.15. The van der Waals surface area contributed by atoms with E-state index in [9.17, 15) is 13.5 Å². The SMILES string of the molecule is Nc1cc(S(=O)(=O)NCc2ccccc2Cl)ccc1O. The Balaban J connectivity index is 2.19. The highest BCUT2D eigenvalue weighted by Crippen LogP contribution is 2.23. The van der Waals surface area contributed by atoms with Gasteiger partial charge in [-0.15, -0.1) is 0 Å². The number of anilines is 1. The maximum absolute atomic E-state index is 12.1. The molecule has 0 aliphatic heterocycles. The Bertz CT molecular complexity index is 732. The van der Waals surface area contributed by atoms with Crippen molar-refractivity contribution >= 4 is 27.3 Å². The molecule has 0 amide bonds. The standard InChI is InChI=1S/C13H13ClN2O3S/c14-11-4-2-1-3-9(11)8-16-20(18,19)10-5-6-13(17)12(15)7-10/h1-7,16-17H,8,15H2. The number of benzene rings is 2. The summed E-state index contributed by atoms with van der Waals surface area (Å²) in [5.74, 6) is -0.157. The zero-order valence-corrected chi connectivity index (χ0v) is 11.9. The monoisotopic (exact) mass is 312 g/mol. The van der Waals surface area contributed by atoms with Crippen LogP contribution in [0.3, 0.4) is 0 Å². The summed E-state index contributed by atoms with van der Waals surface area (Å²) in [6.45, 7) is 0.0722. The van der Waals surface area contributed by atoms with Crippen LogP contribution in [0.5, 0.6) is 5.75 Å². The first kappa shape index (κ1) is 14.6. The van der Waals surface area contributed by atoms with Gasteiger partial charge in [-0.05, 0) is 29.8 Å². The molecule has 106 valence electrons. The first-order chi connectivity index (χ1) is 9.40. The van der Waals surface area contributed by atoms with Crippen LogP contribution in [0.15, 0.2) is 47.4 Å². The second-order valence-corrected chi connectivity index (χ2v) is 6.31. The van der Waals surface area contributed by atoms with Crippen molar-refractivity contribution < 1.29 is 13.5 Å². The zero-order chi connectivity index (χ0) is 14.8. The van der Waals surface area contributed by atoms with Gasteiger partial charge < -0.3 is 10.8 Å². The van der Waals surface area contributed by atoms with E-state index in [4.69, 9.17) is 17.3 Å². The van der Waals surface area contributed by atoms with Crippen molar-refractivity contribution in [2.45, 2.75) is 11.4 Å².